The van der Waals surface area contributed by atoms with Crippen LogP contribution in [0.25, 0.3) is 0 Å². The molecule has 2 fully saturated rings. The molecule has 3 amide bonds. The van der Waals surface area contributed by atoms with Crippen LogP contribution in [0.4, 0.5) is 13.2 Å². The Bertz CT molecular complexity index is 1190. The van der Waals surface area contributed by atoms with Gasteiger partial charge in [-0.3, -0.25) is 29.6 Å². The summed E-state index contributed by atoms with van der Waals surface area (Å²) >= 11 is 0. The van der Waals surface area contributed by atoms with E-state index in [2.05, 4.69) is 10.3 Å². The van der Waals surface area contributed by atoms with E-state index in [-0.39, 0.29) is 30.9 Å². The predicted octanol–water partition coefficient (Wildman–Crippen LogP) is 2.51. The molecule has 1 N–H and O–H groups in total. The summed E-state index contributed by atoms with van der Waals surface area (Å²) < 4.78 is 44.9. The van der Waals surface area contributed by atoms with Gasteiger partial charge in [-0.1, -0.05) is 0 Å². The molecule has 2 saturated heterocycles. The van der Waals surface area contributed by atoms with Gasteiger partial charge in [-0.25, -0.2) is 0 Å². The fourth-order valence-electron chi connectivity index (χ4n) is 4.84. The molecule has 1 aromatic heterocycles. The van der Waals surface area contributed by atoms with E-state index in [1.165, 1.54) is 11.1 Å². The van der Waals surface area contributed by atoms with E-state index in [9.17, 15) is 27.6 Å². The van der Waals surface area contributed by atoms with Crippen molar-refractivity contribution in [2.75, 3.05) is 13.1 Å². The normalized spacial score (nSPS) is 22.9. The Hall–Kier alpha value is -3.47. The first-order chi connectivity index (χ1) is 16.7. The molecule has 1 aromatic carbocycles. The number of imide groups is 1. The lowest BCUT2D eigenvalue weighted by Gasteiger charge is -2.29. The van der Waals surface area contributed by atoms with Crippen LogP contribution in [0.5, 0.6) is 5.75 Å². The lowest BCUT2D eigenvalue weighted by molar-refractivity contribution is -0.138. The van der Waals surface area contributed by atoms with Gasteiger partial charge < -0.3 is 9.64 Å². The third kappa shape index (κ3) is 4.86. The number of aromatic nitrogens is 1. The summed E-state index contributed by atoms with van der Waals surface area (Å²) in [5, 5.41) is 2.28. The second kappa shape index (κ2) is 8.95. The molecule has 2 aromatic rings. The van der Waals surface area contributed by atoms with Crippen molar-refractivity contribution in [1.82, 2.24) is 20.1 Å². The first-order valence-electron chi connectivity index (χ1n) is 11.3. The van der Waals surface area contributed by atoms with Crippen LogP contribution in [0.1, 0.15) is 46.3 Å². The highest BCUT2D eigenvalue weighted by atomic mass is 19.4. The Morgan fingerprint density at radius 2 is 1.94 bits per heavy atom. The number of piperidine rings is 1. The van der Waals surface area contributed by atoms with Gasteiger partial charge in [0.15, 0.2) is 0 Å². The maximum atomic E-state index is 12.9. The third-order valence-corrected chi connectivity index (χ3v) is 6.56. The lowest BCUT2D eigenvalue weighted by atomic mass is 10.0. The maximum absolute atomic E-state index is 12.9. The molecule has 3 aliphatic rings. The van der Waals surface area contributed by atoms with Gasteiger partial charge in [0.25, 0.3) is 5.91 Å². The second-order valence-corrected chi connectivity index (χ2v) is 9.06. The minimum absolute atomic E-state index is 0.143. The Kier molecular flexibility index (Phi) is 5.96. The van der Waals surface area contributed by atoms with E-state index in [0.717, 1.165) is 17.8 Å². The zero-order valence-electron chi connectivity index (χ0n) is 18.7. The average molecular weight is 488 g/mol. The number of nitrogens with zero attached hydrogens (tertiary/aromatic N) is 3. The molecule has 0 radical (unpaired) electrons. The van der Waals surface area contributed by atoms with Gasteiger partial charge in [0.2, 0.25) is 11.8 Å². The van der Waals surface area contributed by atoms with Crippen LogP contribution < -0.4 is 10.1 Å². The Labute approximate surface area is 199 Å². The van der Waals surface area contributed by atoms with Gasteiger partial charge >= 0.3 is 6.18 Å². The summed E-state index contributed by atoms with van der Waals surface area (Å²) in [5.74, 6) is -0.445. The van der Waals surface area contributed by atoms with Gasteiger partial charge in [0, 0.05) is 50.6 Å². The number of carbonyl (C=O) groups is 3. The van der Waals surface area contributed by atoms with Crippen molar-refractivity contribution in [2.24, 2.45) is 0 Å². The number of halogens is 3. The quantitative estimate of drug-likeness (QED) is 0.651. The fourth-order valence-corrected chi connectivity index (χ4v) is 4.84. The molecule has 3 aliphatic heterocycles. The zero-order chi connectivity index (χ0) is 24.7. The highest BCUT2D eigenvalue weighted by molar-refractivity contribution is 6.05. The van der Waals surface area contributed by atoms with E-state index in [0.29, 0.717) is 49.4 Å². The average Bonchev–Trinajstić information content (AvgIpc) is 3.37. The molecular formula is C24H23F3N4O4. The van der Waals surface area contributed by atoms with Gasteiger partial charge in [-0.05, 0) is 48.2 Å². The molecule has 2 atom stereocenters. The number of hydrogen-bond donors (Lipinski definition) is 1. The molecule has 5 rings (SSSR count). The van der Waals surface area contributed by atoms with Crippen molar-refractivity contribution in [3.8, 4) is 5.75 Å². The maximum Gasteiger partial charge on any atom is 0.417 e. The molecular weight excluding hydrogens is 465 g/mol. The number of nitrogens with one attached hydrogen (secondary N) is 1. The Balaban J connectivity index is 1.20. The van der Waals surface area contributed by atoms with Crippen molar-refractivity contribution in [3.05, 3.63) is 58.9 Å². The van der Waals surface area contributed by atoms with Crippen LogP contribution in [0, 0.1) is 0 Å². The number of benzene rings is 1. The number of rotatable bonds is 5. The molecule has 8 nitrogen and oxygen atoms in total. The first-order valence-corrected chi connectivity index (χ1v) is 11.3. The van der Waals surface area contributed by atoms with Crippen LogP contribution in [0.15, 0.2) is 36.7 Å². The minimum atomic E-state index is -4.43. The van der Waals surface area contributed by atoms with Gasteiger partial charge in [-0.2, -0.15) is 13.2 Å². The molecule has 0 saturated carbocycles. The summed E-state index contributed by atoms with van der Waals surface area (Å²) in [6.07, 6.45) is -1.11. The highest BCUT2D eigenvalue weighted by Gasteiger charge is 2.39. The molecule has 2 unspecified atom stereocenters. The number of alkyl halides is 3. The van der Waals surface area contributed by atoms with Gasteiger partial charge in [0.1, 0.15) is 17.9 Å². The monoisotopic (exact) mass is 488 g/mol. The van der Waals surface area contributed by atoms with Crippen molar-refractivity contribution < 1.29 is 32.3 Å². The van der Waals surface area contributed by atoms with Crippen LogP contribution in [-0.2, 0) is 28.9 Å². The largest absolute Gasteiger partial charge is 0.489 e. The number of carbonyl (C=O) groups excluding carboxylic acids is 3. The zero-order valence-corrected chi connectivity index (χ0v) is 18.7. The molecule has 11 heteroatoms. The van der Waals surface area contributed by atoms with Crippen molar-refractivity contribution in [3.63, 3.8) is 0 Å². The molecule has 0 aliphatic carbocycles. The standard InChI is InChI=1S/C24H23F3N4O4/c25-24(26,27)16-7-14(9-28-10-16)11-30-6-5-18(13-30)35-17-1-2-19-15(8-17)12-31(23(19)34)20-3-4-21(32)29-22(20)33/h1-2,7-10,18,20H,3-6,11-13H2,(H,29,32,33). The van der Waals surface area contributed by atoms with Crippen LogP contribution in [-0.4, -0.2) is 57.7 Å². The predicted molar refractivity (Wildman–Crippen MR) is 116 cm³/mol. The van der Waals surface area contributed by atoms with Gasteiger partial charge in [-0.15, -0.1) is 0 Å². The smallest absolute Gasteiger partial charge is 0.417 e. The van der Waals surface area contributed by atoms with E-state index in [1.807, 2.05) is 4.90 Å². The Morgan fingerprint density at radius 1 is 1.11 bits per heavy atom. The molecule has 35 heavy (non-hydrogen) atoms. The SMILES string of the molecule is O=C1CCC(N2Cc3cc(OC4CCN(Cc5cncc(C(F)(F)F)c5)C4)ccc3C2=O)C(=O)N1. The number of likely N-dealkylation sites (tertiary alicyclic amines) is 1. The first kappa shape index (κ1) is 23.3. The van der Waals surface area contributed by atoms with E-state index in [4.69, 9.17) is 4.74 Å². The van der Waals surface area contributed by atoms with E-state index >= 15 is 0 Å². The van der Waals surface area contributed by atoms with Crippen molar-refractivity contribution in [2.45, 2.75) is 50.7 Å². The topological polar surface area (TPSA) is 91.8 Å². The third-order valence-electron chi connectivity index (χ3n) is 6.56. The Morgan fingerprint density at radius 3 is 2.71 bits per heavy atom. The fraction of sp³-hybridized carbons (Fsp3) is 0.417. The second-order valence-electron chi connectivity index (χ2n) is 9.06. The molecule has 0 bridgehead atoms. The summed E-state index contributed by atoms with van der Waals surface area (Å²) in [5.41, 5.74) is 0.986. The van der Waals surface area contributed by atoms with Crippen LogP contribution >= 0.6 is 0 Å². The minimum Gasteiger partial charge on any atom is -0.489 e. The number of hydrogen-bond acceptors (Lipinski definition) is 6. The van der Waals surface area contributed by atoms with Crippen LogP contribution in [0.2, 0.25) is 0 Å². The summed E-state index contributed by atoms with van der Waals surface area (Å²) in [7, 11) is 0. The highest BCUT2D eigenvalue weighted by Crippen LogP contribution is 2.32. The van der Waals surface area contributed by atoms with Gasteiger partial charge in [0.05, 0.1) is 5.56 Å². The summed E-state index contributed by atoms with van der Waals surface area (Å²) in [6, 6.07) is 5.63. The number of ether oxygens (including phenoxy) is 1. The molecule has 0 spiro atoms. The summed E-state index contributed by atoms with van der Waals surface area (Å²) in [6.45, 7) is 1.83. The lowest BCUT2D eigenvalue weighted by Crippen LogP contribution is -2.52. The molecule has 4 heterocycles. The van der Waals surface area contributed by atoms with E-state index in [1.54, 1.807) is 18.2 Å². The van der Waals surface area contributed by atoms with Crippen LogP contribution in [0.3, 0.4) is 0 Å². The number of fused-ring (bicyclic) bond motifs is 1. The van der Waals surface area contributed by atoms with Crippen molar-refractivity contribution in [1.29, 1.82) is 0 Å². The number of amides is 3. The number of pyridine rings is 1. The summed E-state index contributed by atoms with van der Waals surface area (Å²) in [4.78, 5) is 43.7. The van der Waals surface area contributed by atoms with E-state index < -0.39 is 23.7 Å². The van der Waals surface area contributed by atoms with Crippen molar-refractivity contribution >= 4 is 17.7 Å². The molecule has 184 valence electrons.